The van der Waals surface area contributed by atoms with Gasteiger partial charge >= 0.3 is 0 Å². The predicted molar refractivity (Wildman–Crippen MR) is 76.7 cm³/mol. The first kappa shape index (κ1) is 11.9. The van der Waals surface area contributed by atoms with Gasteiger partial charge in [0.05, 0.1) is 17.1 Å². The number of carbonyl (C=O) groups is 1. The Kier molecular flexibility index (Phi) is 2.56. The van der Waals surface area contributed by atoms with E-state index in [4.69, 9.17) is 4.74 Å². The normalized spacial score (nSPS) is 24.0. The highest BCUT2D eigenvalue weighted by molar-refractivity contribution is 5.92. The summed E-state index contributed by atoms with van der Waals surface area (Å²) in [5.41, 5.74) is 0.797. The van der Waals surface area contributed by atoms with Crippen LogP contribution in [0, 0.1) is 5.41 Å². The first-order chi connectivity index (χ1) is 9.78. The molecule has 0 aliphatic heterocycles. The Morgan fingerprint density at radius 1 is 1.20 bits per heavy atom. The lowest BCUT2D eigenvalue weighted by atomic mass is 9.63. The topological polar surface area (TPSA) is 39.2 Å². The van der Waals surface area contributed by atoms with Crippen molar-refractivity contribution < 1.29 is 9.53 Å². The number of fused-ring (bicyclic) bond motifs is 1. The zero-order valence-corrected chi connectivity index (χ0v) is 11.3. The molecular formula is C17H17NO2. The second kappa shape index (κ2) is 4.30. The SMILES string of the molecule is O=C1CC(Oc2cnc3ccccc3c2)C12CCCC2. The van der Waals surface area contributed by atoms with Crippen LogP contribution in [0.3, 0.4) is 0 Å². The van der Waals surface area contributed by atoms with E-state index in [0.29, 0.717) is 12.2 Å². The van der Waals surface area contributed by atoms with Gasteiger partial charge in [-0.1, -0.05) is 31.0 Å². The number of nitrogens with zero attached hydrogens (tertiary/aromatic N) is 1. The largest absolute Gasteiger partial charge is 0.487 e. The van der Waals surface area contributed by atoms with Gasteiger partial charge < -0.3 is 4.74 Å². The van der Waals surface area contributed by atoms with Gasteiger partial charge in [-0.05, 0) is 25.0 Å². The lowest BCUT2D eigenvalue weighted by Gasteiger charge is -2.44. The first-order valence-electron chi connectivity index (χ1n) is 7.33. The second-order valence-corrected chi connectivity index (χ2v) is 5.96. The van der Waals surface area contributed by atoms with Crippen molar-refractivity contribution in [1.82, 2.24) is 4.98 Å². The molecule has 1 unspecified atom stereocenters. The summed E-state index contributed by atoms with van der Waals surface area (Å²) >= 11 is 0. The predicted octanol–water partition coefficient (Wildman–Crippen LogP) is 3.52. The van der Waals surface area contributed by atoms with Gasteiger partial charge in [0.2, 0.25) is 0 Å². The van der Waals surface area contributed by atoms with E-state index < -0.39 is 0 Å². The summed E-state index contributed by atoms with van der Waals surface area (Å²) in [5.74, 6) is 1.18. The fourth-order valence-corrected chi connectivity index (χ4v) is 3.66. The summed E-state index contributed by atoms with van der Waals surface area (Å²) < 4.78 is 6.08. The van der Waals surface area contributed by atoms with Gasteiger partial charge in [0, 0.05) is 11.8 Å². The van der Waals surface area contributed by atoms with E-state index in [1.54, 1.807) is 6.20 Å². The maximum Gasteiger partial charge on any atom is 0.146 e. The highest BCUT2D eigenvalue weighted by Crippen LogP contribution is 2.51. The fourth-order valence-electron chi connectivity index (χ4n) is 3.66. The molecule has 0 radical (unpaired) electrons. The molecule has 0 saturated heterocycles. The van der Waals surface area contributed by atoms with Crippen LogP contribution in [-0.4, -0.2) is 16.9 Å². The van der Waals surface area contributed by atoms with Gasteiger partial charge in [-0.3, -0.25) is 9.78 Å². The number of Topliss-reactive ketones (excluding diaryl/α,β-unsaturated/α-hetero) is 1. The average Bonchev–Trinajstić information content (AvgIpc) is 2.99. The molecule has 1 aromatic carbocycles. The Morgan fingerprint density at radius 3 is 2.80 bits per heavy atom. The smallest absolute Gasteiger partial charge is 0.146 e. The van der Waals surface area contributed by atoms with Gasteiger partial charge in [0.1, 0.15) is 17.6 Å². The van der Waals surface area contributed by atoms with E-state index in [-0.39, 0.29) is 11.5 Å². The van der Waals surface area contributed by atoms with Crippen molar-refractivity contribution in [1.29, 1.82) is 0 Å². The average molecular weight is 267 g/mol. The fraction of sp³-hybridized carbons (Fsp3) is 0.412. The number of hydrogen-bond acceptors (Lipinski definition) is 3. The number of benzene rings is 1. The summed E-state index contributed by atoms with van der Waals surface area (Å²) in [6.07, 6.45) is 6.69. The van der Waals surface area contributed by atoms with E-state index in [1.165, 1.54) is 0 Å². The Balaban J connectivity index is 1.60. The first-order valence-corrected chi connectivity index (χ1v) is 7.33. The lowest BCUT2D eigenvalue weighted by molar-refractivity contribution is -0.151. The van der Waals surface area contributed by atoms with Crippen LogP contribution in [0.1, 0.15) is 32.1 Å². The van der Waals surface area contributed by atoms with Crippen molar-refractivity contribution in [3.05, 3.63) is 36.5 Å². The van der Waals surface area contributed by atoms with Crippen LogP contribution < -0.4 is 4.74 Å². The molecule has 1 spiro atoms. The maximum atomic E-state index is 12.0. The van der Waals surface area contributed by atoms with Gasteiger partial charge in [-0.2, -0.15) is 0 Å². The molecule has 102 valence electrons. The van der Waals surface area contributed by atoms with Crippen LogP contribution in [0.5, 0.6) is 5.75 Å². The van der Waals surface area contributed by atoms with Gasteiger partial charge in [-0.15, -0.1) is 0 Å². The highest BCUT2D eigenvalue weighted by atomic mass is 16.5. The third kappa shape index (κ3) is 1.65. The molecule has 2 aliphatic carbocycles. The van der Waals surface area contributed by atoms with Gasteiger partial charge in [-0.25, -0.2) is 0 Å². The molecule has 2 fully saturated rings. The number of ether oxygens (including phenoxy) is 1. The molecule has 2 aliphatic rings. The zero-order chi connectivity index (χ0) is 13.6. The number of carbonyl (C=O) groups excluding carboxylic acids is 1. The van der Waals surface area contributed by atoms with Crippen molar-refractivity contribution in [2.75, 3.05) is 0 Å². The van der Waals surface area contributed by atoms with Crippen molar-refractivity contribution in [3.8, 4) is 5.75 Å². The summed E-state index contributed by atoms with van der Waals surface area (Å²) in [7, 11) is 0. The summed E-state index contributed by atoms with van der Waals surface area (Å²) in [6.45, 7) is 0. The van der Waals surface area contributed by atoms with Crippen molar-refractivity contribution in [2.24, 2.45) is 5.41 Å². The molecule has 3 heteroatoms. The van der Waals surface area contributed by atoms with E-state index in [9.17, 15) is 4.79 Å². The molecule has 20 heavy (non-hydrogen) atoms. The number of aromatic nitrogens is 1. The van der Waals surface area contributed by atoms with Crippen molar-refractivity contribution in [2.45, 2.75) is 38.2 Å². The third-order valence-corrected chi connectivity index (χ3v) is 4.88. The van der Waals surface area contributed by atoms with Crippen LogP contribution in [0.4, 0.5) is 0 Å². The van der Waals surface area contributed by atoms with Crippen LogP contribution >= 0.6 is 0 Å². The molecule has 1 atom stereocenters. The minimum absolute atomic E-state index is 0.0560. The molecule has 1 heterocycles. The molecule has 1 aromatic heterocycles. The molecular weight excluding hydrogens is 250 g/mol. The van der Waals surface area contributed by atoms with Crippen LogP contribution in [0.25, 0.3) is 10.9 Å². The second-order valence-electron chi connectivity index (χ2n) is 5.96. The molecule has 2 aromatic rings. The third-order valence-electron chi connectivity index (χ3n) is 4.88. The molecule has 2 saturated carbocycles. The number of hydrogen-bond donors (Lipinski definition) is 0. The van der Waals surface area contributed by atoms with Crippen LogP contribution in [0.2, 0.25) is 0 Å². The minimum atomic E-state index is -0.175. The molecule has 0 amide bonds. The number of ketones is 1. The zero-order valence-electron chi connectivity index (χ0n) is 11.3. The Morgan fingerprint density at radius 2 is 2.00 bits per heavy atom. The summed E-state index contributed by atoms with van der Waals surface area (Å²) in [5, 5.41) is 1.08. The van der Waals surface area contributed by atoms with E-state index in [1.807, 2.05) is 30.3 Å². The highest BCUT2D eigenvalue weighted by Gasteiger charge is 2.57. The quantitative estimate of drug-likeness (QED) is 0.835. The lowest BCUT2D eigenvalue weighted by Crippen LogP contribution is -2.55. The van der Waals surface area contributed by atoms with Crippen LogP contribution in [0.15, 0.2) is 36.5 Å². The van der Waals surface area contributed by atoms with E-state index in [2.05, 4.69) is 4.98 Å². The number of para-hydroxylation sites is 1. The Labute approximate surface area is 118 Å². The minimum Gasteiger partial charge on any atom is -0.487 e. The summed E-state index contributed by atoms with van der Waals surface area (Å²) in [4.78, 5) is 16.4. The van der Waals surface area contributed by atoms with E-state index >= 15 is 0 Å². The standard InChI is InChI=1S/C17H17NO2/c19-15-10-16(17(15)7-3-4-8-17)20-13-9-12-5-1-2-6-14(12)18-11-13/h1-2,5-6,9,11,16H,3-4,7-8,10H2. The molecule has 4 rings (SSSR count). The summed E-state index contributed by atoms with van der Waals surface area (Å²) in [6, 6.07) is 10.0. The Bertz CT molecular complexity index is 673. The number of rotatable bonds is 2. The van der Waals surface area contributed by atoms with Crippen molar-refractivity contribution >= 4 is 16.7 Å². The Hall–Kier alpha value is -1.90. The molecule has 0 N–H and O–H groups in total. The van der Waals surface area contributed by atoms with Crippen molar-refractivity contribution in [3.63, 3.8) is 0 Å². The van der Waals surface area contributed by atoms with Crippen LogP contribution in [-0.2, 0) is 4.79 Å². The van der Waals surface area contributed by atoms with Gasteiger partial charge in [0.25, 0.3) is 0 Å². The maximum absolute atomic E-state index is 12.0. The molecule has 0 bridgehead atoms. The van der Waals surface area contributed by atoms with E-state index in [0.717, 1.165) is 42.3 Å². The monoisotopic (exact) mass is 267 g/mol. The van der Waals surface area contributed by atoms with Gasteiger partial charge in [0.15, 0.2) is 0 Å². The number of pyridine rings is 1. The molecule has 3 nitrogen and oxygen atoms in total.